The molecule has 2 aromatic carbocycles. The number of phenols is 1. The Balaban J connectivity index is 1.99. The number of hydrogen-bond donors (Lipinski definition) is 2. The fraction of sp³-hybridized carbons (Fsp3) is 0.176. The number of hydrogen-bond acceptors (Lipinski definition) is 3. The molecule has 1 unspecified atom stereocenters. The molecular weight excluding hydrogens is 335 g/mol. The first-order valence-corrected chi connectivity index (χ1v) is 7.68. The average molecular weight is 349 g/mol. The summed E-state index contributed by atoms with van der Waals surface area (Å²) in [6.45, 7) is 0.590. The van der Waals surface area contributed by atoms with E-state index in [0.29, 0.717) is 12.1 Å². The molecule has 0 bridgehead atoms. The Morgan fingerprint density at radius 1 is 1.29 bits per heavy atom. The van der Waals surface area contributed by atoms with Crippen LogP contribution in [-0.4, -0.2) is 34.9 Å². The first-order chi connectivity index (χ1) is 11.5. The number of benzene rings is 2. The molecule has 0 spiro atoms. The van der Waals surface area contributed by atoms with Crippen molar-refractivity contribution in [2.45, 2.75) is 6.04 Å². The molecule has 24 heavy (non-hydrogen) atoms. The van der Waals surface area contributed by atoms with Crippen molar-refractivity contribution in [1.82, 2.24) is 10.2 Å². The lowest BCUT2D eigenvalue weighted by molar-refractivity contribution is -0.128. The van der Waals surface area contributed by atoms with Crippen molar-refractivity contribution in [3.8, 4) is 5.75 Å². The Kier molecular flexibility index (Phi) is 4.40. The summed E-state index contributed by atoms with van der Waals surface area (Å²) in [6.07, 6.45) is 0. The van der Waals surface area contributed by atoms with Gasteiger partial charge in [0.25, 0.3) is 5.91 Å². The van der Waals surface area contributed by atoms with Crippen LogP contribution in [0.2, 0.25) is 5.02 Å². The highest BCUT2D eigenvalue weighted by molar-refractivity contribution is 6.32. The number of nitrogens with zero attached hydrogens (tertiary/aromatic N) is 1. The van der Waals surface area contributed by atoms with Crippen LogP contribution in [-0.2, 0) is 4.79 Å². The summed E-state index contributed by atoms with van der Waals surface area (Å²) in [6, 6.07) is 10.2. The molecule has 1 saturated heterocycles. The van der Waals surface area contributed by atoms with Gasteiger partial charge in [-0.2, -0.15) is 0 Å². The van der Waals surface area contributed by atoms with E-state index in [1.165, 1.54) is 11.0 Å². The van der Waals surface area contributed by atoms with Gasteiger partial charge in [0.2, 0.25) is 5.91 Å². The van der Waals surface area contributed by atoms with E-state index in [4.69, 9.17) is 11.6 Å². The summed E-state index contributed by atoms with van der Waals surface area (Å²) in [5.74, 6) is -2.52. The highest BCUT2D eigenvalue weighted by Crippen LogP contribution is 2.30. The van der Waals surface area contributed by atoms with E-state index in [1.807, 2.05) is 6.07 Å². The van der Waals surface area contributed by atoms with E-state index in [9.17, 15) is 19.1 Å². The average Bonchev–Trinajstić information content (AvgIpc) is 2.59. The largest absolute Gasteiger partial charge is 0.504 e. The molecule has 1 fully saturated rings. The molecule has 2 aromatic rings. The van der Waals surface area contributed by atoms with E-state index in [2.05, 4.69) is 5.32 Å². The third-order valence-corrected chi connectivity index (χ3v) is 4.14. The number of amides is 2. The minimum atomic E-state index is -0.983. The van der Waals surface area contributed by atoms with Crippen LogP contribution in [0.5, 0.6) is 5.75 Å². The molecule has 124 valence electrons. The molecule has 1 aliphatic rings. The third kappa shape index (κ3) is 2.92. The van der Waals surface area contributed by atoms with Gasteiger partial charge in [-0.1, -0.05) is 41.9 Å². The number of rotatable bonds is 2. The lowest BCUT2D eigenvalue weighted by Crippen LogP contribution is -2.52. The van der Waals surface area contributed by atoms with Gasteiger partial charge < -0.3 is 15.3 Å². The molecule has 1 atom stereocenters. The zero-order valence-corrected chi connectivity index (χ0v) is 13.3. The Morgan fingerprint density at radius 2 is 2.00 bits per heavy atom. The Labute approximate surface area is 142 Å². The van der Waals surface area contributed by atoms with Crippen LogP contribution >= 0.6 is 11.6 Å². The lowest BCUT2D eigenvalue weighted by Gasteiger charge is -2.35. The minimum absolute atomic E-state index is 0.0223. The van der Waals surface area contributed by atoms with Gasteiger partial charge in [-0.05, 0) is 17.7 Å². The normalized spacial score (nSPS) is 17.5. The van der Waals surface area contributed by atoms with Crippen molar-refractivity contribution in [3.63, 3.8) is 0 Å². The molecule has 2 N–H and O–H groups in total. The standard InChI is InChI=1S/C17H14ClFN2O3/c18-12-8-11(9-13(19)15(12)22)17(24)21-7-6-20-16(23)14(21)10-4-2-1-3-5-10/h1-5,8-9,14,22H,6-7H2,(H,20,23). The SMILES string of the molecule is O=C1NCCN(C(=O)c2cc(F)c(O)c(Cl)c2)C1c1ccccc1. The zero-order chi connectivity index (χ0) is 17.3. The lowest BCUT2D eigenvalue weighted by atomic mass is 10.0. The second kappa shape index (κ2) is 6.49. The van der Waals surface area contributed by atoms with Crippen molar-refractivity contribution in [3.05, 3.63) is 64.4 Å². The maximum Gasteiger partial charge on any atom is 0.255 e. The molecule has 3 rings (SSSR count). The van der Waals surface area contributed by atoms with Crippen molar-refractivity contribution >= 4 is 23.4 Å². The third-order valence-electron chi connectivity index (χ3n) is 3.85. The Hall–Kier alpha value is -2.60. The molecule has 0 aromatic heterocycles. The van der Waals surface area contributed by atoms with Crippen LogP contribution in [0.4, 0.5) is 4.39 Å². The van der Waals surface area contributed by atoms with Gasteiger partial charge in [0, 0.05) is 18.7 Å². The van der Waals surface area contributed by atoms with E-state index in [-0.39, 0.29) is 23.0 Å². The molecule has 1 heterocycles. The second-order valence-electron chi connectivity index (χ2n) is 5.39. The summed E-state index contributed by atoms with van der Waals surface area (Å²) in [5.41, 5.74) is 0.638. The van der Waals surface area contributed by atoms with Gasteiger partial charge >= 0.3 is 0 Å². The molecule has 7 heteroatoms. The maximum atomic E-state index is 13.7. The number of phenolic OH excluding ortho intramolecular Hbond substituents is 1. The fourth-order valence-corrected chi connectivity index (χ4v) is 2.91. The van der Waals surface area contributed by atoms with Crippen LogP contribution in [0.3, 0.4) is 0 Å². The van der Waals surface area contributed by atoms with Crippen molar-refractivity contribution in [2.75, 3.05) is 13.1 Å². The first kappa shape index (κ1) is 16.3. The topological polar surface area (TPSA) is 69.6 Å². The Morgan fingerprint density at radius 3 is 2.67 bits per heavy atom. The molecule has 0 saturated carbocycles. The van der Waals surface area contributed by atoms with Crippen molar-refractivity contribution in [1.29, 1.82) is 0 Å². The quantitative estimate of drug-likeness (QED) is 0.876. The summed E-state index contributed by atoms with van der Waals surface area (Å²) >= 11 is 5.74. The summed E-state index contributed by atoms with van der Waals surface area (Å²) in [4.78, 5) is 26.4. The number of halogens is 2. The fourth-order valence-electron chi connectivity index (χ4n) is 2.71. The van der Waals surface area contributed by atoms with Crippen molar-refractivity contribution in [2.24, 2.45) is 0 Å². The summed E-state index contributed by atoms with van der Waals surface area (Å²) in [5, 5.41) is 11.9. The van der Waals surface area contributed by atoms with E-state index < -0.39 is 23.5 Å². The predicted molar refractivity (Wildman–Crippen MR) is 86.3 cm³/mol. The molecule has 0 radical (unpaired) electrons. The van der Waals surface area contributed by atoms with E-state index in [1.54, 1.807) is 24.3 Å². The monoisotopic (exact) mass is 348 g/mol. The predicted octanol–water partition coefficient (Wildman–Crippen LogP) is 2.50. The van der Waals surface area contributed by atoms with Crippen LogP contribution in [0.15, 0.2) is 42.5 Å². The molecule has 2 amide bonds. The highest BCUT2D eigenvalue weighted by Gasteiger charge is 2.35. The molecule has 5 nitrogen and oxygen atoms in total. The van der Waals surface area contributed by atoms with Gasteiger partial charge in [-0.25, -0.2) is 4.39 Å². The first-order valence-electron chi connectivity index (χ1n) is 7.30. The molecule has 1 aliphatic heterocycles. The van der Waals surface area contributed by atoms with Crippen LogP contribution in [0.1, 0.15) is 22.0 Å². The number of carbonyl (C=O) groups excluding carboxylic acids is 2. The van der Waals surface area contributed by atoms with Gasteiger partial charge in [0.15, 0.2) is 11.6 Å². The van der Waals surface area contributed by atoms with Crippen LogP contribution < -0.4 is 5.32 Å². The maximum absolute atomic E-state index is 13.7. The van der Waals surface area contributed by atoms with E-state index >= 15 is 0 Å². The van der Waals surface area contributed by atoms with Crippen LogP contribution in [0.25, 0.3) is 0 Å². The minimum Gasteiger partial charge on any atom is -0.504 e. The van der Waals surface area contributed by atoms with Gasteiger partial charge in [0.05, 0.1) is 5.02 Å². The second-order valence-corrected chi connectivity index (χ2v) is 5.80. The smallest absolute Gasteiger partial charge is 0.255 e. The molecular formula is C17H14ClFN2O3. The van der Waals surface area contributed by atoms with Gasteiger partial charge in [-0.15, -0.1) is 0 Å². The highest BCUT2D eigenvalue weighted by atomic mass is 35.5. The number of carbonyl (C=O) groups is 2. The van der Waals surface area contributed by atoms with Crippen molar-refractivity contribution < 1.29 is 19.1 Å². The van der Waals surface area contributed by atoms with Crippen LogP contribution in [0, 0.1) is 5.82 Å². The number of piperazine rings is 1. The number of aromatic hydroxyl groups is 1. The van der Waals surface area contributed by atoms with Gasteiger partial charge in [0.1, 0.15) is 6.04 Å². The number of nitrogens with one attached hydrogen (secondary N) is 1. The van der Waals surface area contributed by atoms with E-state index in [0.717, 1.165) is 6.07 Å². The molecule has 0 aliphatic carbocycles. The van der Waals surface area contributed by atoms with Gasteiger partial charge in [-0.3, -0.25) is 9.59 Å². The summed E-state index contributed by atoms with van der Waals surface area (Å²) in [7, 11) is 0. The Bertz CT molecular complexity index is 775. The zero-order valence-electron chi connectivity index (χ0n) is 12.5. The summed E-state index contributed by atoms with van der Waals surface area (Å²) < 4.78 is 13.7.